The minimum absolute atomic E-state index is 0.102. The van der Waals surface area contributed by atoms with E-state index in [-0.39, 0.29) is 12.6 Å². The molecule has 16 heavy (non-hydrogen) atoms. The van der Waals surface area contributed by atoms with Crippen LogP contribution >= 0.6 is 11.8 Å². The molecule has 1 rings (SSSR count). The molecule has 1 aliphatic rings. The zero-order valence-electron chi connectivity index (χ0n) is 9.98. The van der Waals surface area contributed by atoms with Crippen molar-refractivity contribution in [1.29, 1.82) is 0 Å². The second-order valence-electron chi connectivity index (χ2n) is 4.43. The van der Waals surface area contributed by atoms with Crippen LogP contribution in [0.3, 0.4) is 0 Å². The molecule has 3 atom stereocenters. The van der Waals surface area contributed by atoms with Crippen molar-refractivity contribution in [2.75, 3.05) is 12.8 Å². The normalized spacial score (nSPS) is 28.9. The lowest BCUT2D eigenvalue weighted by molar-refractivity contribution is 0.419. The molecule has 0 spiro atoms. The van der Waals surface area contributed by atoms with E-state index in [1.165, 1.54) is 6.42 Å². The first kappa shape index (κ1) is 14.3. The molecular formula is C10H22N2O2S2. The van der Waals surface area contributed by atoms with Gasteiger partial charge in [-0.1, -0.05) is 6.42 Å². The Bertz CT molecular complexity index is 306. The Kier molecular flexibility index (Phi) is 5.56. The molecule has 3 unspecified atom stereocenters. The average molecular weight is 266 g/mol. The van der Waals surface area contributed by atoms with Gasteiger partial charge in [0.15, 0.2) is 0 Å². The summed E-state index contributed by atoms with van der Waals surface area (Å²) in [6, 6.07) is 0.102. The summed E-state index contributed by atoms with van der Waals surface area (Å²) >= 11 is 1.83. The van der Waals surface area contributed by atoms with Crippen molar-refractivity contribution in [2.24, 2.45) is 5.73 Å². The Labute approximate surface area is 103 Å². The van der Waals surface area contributed by atoms with E-state index in [4.69, 9.17) is 5.73 Å². The van der Waals surface area contributed by atoms with Crippen LogP contribution in [0, 0.1) is 0 Å². The number of nitrogens with two attached hydrogens (primary N) is 1. The Balaban J connectivity index is 2.53. The SMILES string of the molecule is CSC1CCCC(NS(=O)(=O)C(C)CN)C1. The molecule has 0 radical (unpaired) electrons. The van der Waals surface area contributed by atoms with Crippen LogP contribution in [0.25, 0.3) is 0 Å². The fraction of sp³-hybridized carbons (Fsp3) is 1.00. The predicted octanol–water partition coefficient (Wildman–Crippen LogP) is 0.927. The van der Waals surface area contributed by atoms with Crippen LogP contribution < -0.4 is 10.5 Å². The number of rotatable bonds is 5. The molecule has 0 heterocycles. The van der Waals surface area contributed by atoms with Gasteiger partial charge in [0.25, 0.3) is 0 Å². The molecule has 0 aromatic rings. The maximum atomic E-state index is 11.8. The third-order valence-corrected chi connectivity index (χ3v) is 6.16. The second-order valence-corrected chi connectivity index (χ2v) is 7.70. The van der Waals surface area contributed by atoms with Crippen molar-refractivity contribution in [3.63, 3.8) is 0 Å². The van der Waals surface area contributed by atoms with Crippen LogP contribution in [0.1, 0.15) is 32.6 Å². The van der Waals surface area contributed by atoms with E-state index in [0.717, 1.165) is 19.3 Å². The van der Waals surface area contributed by atoms with Crippen molar-refractivity contribution < 1.29 is 8.42 Å². The summed E-state index contributed by atoms with van der Waals surface area (Å²) < 4.78 is 26.4. The summed E-state index contributed by atoms with van der Waals surface area (Å²) in [5.74, 6) is 0. The van der Waals surface area contributed by atoms with E-state index in [1.807, 2.05) is 11.8 Å². The summed E-state index contributed by atoms with van der Waals surface area (Å²) in [5, 5.41) is 0.0942. The molecule has 0 aromatic heterocycles. The molecule has 6 heteroatoms. The minimum atomic E-state index is -3.23. The maximum absolute atomic E-state index is 11.8. The molecule has 96 valence electrons. The Morgan fingerprint density at radius 3 is 2.75 bits per heavy atom. The van der Waals surface area contributed by atoms with E-state index in [0.29, 0.717) is 5.25 Å². The minimum Gasteiger partial charge on any atom is -0.329 e. The number of hydrogen-bond donors (Lipinski definition) is 2. The van der Waals surface area contributed by atoms with Gasteiger partial charge in [-0.25, -0.2) is 13.1 Å². The highest BCUT2D eigenvalue weighted by atomic mass is 32.2. The summed E-state index contributed by atoms with van der Waals surface area (Å²) in [6.45, 7) is 1.82. The summed E-state index contributed by atoms with van der Waals surface area (Å²) in [5.41, 5.74) is 5.39. The highest BCUT2D eigenvalue weighted by Gasteiger charge is 2.27. The van der Waals surface area contributed by atoms with Gasteiger partial charge in [0.1, 0.15) is 0 Å². The molecule has 3 N–H and O–H groups in total. The summed E-state index contributed by atoms with van der Waals surface area (Å²) in [6.07, 6.45) is 6.29. The Morgan fingerprint density at radius 2 is 2.19 bits per heavy atom. The average Bonchev–Trinajstić information content (AvgIpc) is 2.27. The quantitative estimate of drug-likeness (QED) is 0.776. The number of thioether (sulfide) groups is 1. The van der Waals surface area contributed by atoms with Crippen molar-refractivity contribution in [3.8, 4) is 0 Å². The lowest BCUT2D eigenvalue weighted by Gasteiger charge is -2.29. The monoisotopic (exact) mass is 266 g/mol. The van der Waals surface area contributed by atoms with Gasteiger partial charge < -0.3 is 5.73 Å². The van der Waals surface area contributed by atoms with Crippen LogP contribution in [0.15, 0.2) is 0 Å². The zero-order valence-corrected chi connectivity index (χ0v) is 11.6. The van der Waals surface area contributed by atoms with Gasteiger partial charge >= 0.3 is 0 Å². The van der Waals surface area contributed by atoms with Gasteiger partial charge in [0, 0.05) is 17.8 Å². The highest BCUT2D eigenvalue weighted by molar-refractivity contribution is 7.99. The number of hydrogen-bond acceptors (Lipinski definition) is 4. The van der Waals surface area contributed by atoms with Crippen molar-refractivity contribution in [1.82, 2.24) is 4.72 Å². The first-order valence-electron chi connectivity index (χ1n) is 5.73. The molecule has 4 nitrogen and oxygen atoms in total. The molecule has 0 saturated heterocycles. The lowest BCUT2D eigenvalue weighted by Crippen LogP contribution is -2.44. The Morgan fingerprint density at radius 1 is 1.50 bits per heavy atom. The molecule has 0 bridgehead atoms. The smallest absolute Gasteiger partial charge is 0.215 e. The third-order valence-electron chi connectivity index (χ3n) is 3.15. The maximum Gasteiger partial charge on any atom is 0.215 e. The van der Waals surface area contributed by atoms with Crippen LogP contribution in [0.2, 0.25) is 0 Å². The van der Waals surface area contributed by atoms with Gasteiger partial charge in [-0.05, 0) is 32.4 Å². The van der Waals surface area contributed by atoms with Crippen LogP contribution in [-0.4, -0.2) is 37.8 Å². The molecule has 0 amide bonds. The van der Waals surface area contributed by atoms with Crippen molar-refractivity contribution in [2.45, 2.75) is 49.1 Å². The third kappa shape index (κ3) is 3.91. The van der Waals surface area contributed by atoms with E-state index in [9.17, 15) is 8.42 Å². The van der Waals surface area contributed by atoms with E-state index in [1.54, 1.807) is 6.92 Å². The summed E-state index contributed by atoms with van der Waals surface area (Å²) in [4.78, 5) is 0. The van der Waals surface area contributed by atoms with Crippen LogP contribution in [-0.2, 0) is 10.0 Å². The predicted molar refractivity (Wildman–Crippen MR) is 70.1 cm³/mol. The number of nitrogens with one attached hydrogen (secondary N) is 1. The van der Waals surface area contributed by atoms with E-state index >= 15 is 0 Å². The highest BCUT2D eigenvalue weighted by Crippen LogP contribution is 2.27. The van der Waals surface area contributed by atoms with Gasteiger partial charge in [0.2, 0.25) is 10.0 Å². The topological polar surface area (TPSA) is 72.2 Å². The van der Waals surface area contributed by atoms with Gasteiger partial charge in [0.05, 0.1) is 5.25 Å². The first-order valence-corrected chi connectivity index (χ1v) is 8.57. The fourth-order valence-corrected chi connectivity index (χ4v) is 3.93. The van der Waals surface area contributed by atoms with E-state index in [2.05, 4.69) is 11.0 Å². The Hall–Kier alpha value is 0.220. The molecule has 1 fully saturated rings. The molecule has 1 saturated carbocycles. The van der Waals surface area contributed by atoms with Crippen molar-refractivity contribution >= 4 is 21.8 Å². The lowest BCUT2D eigenvalue weighted by atomic mass is 9.96. The zero-order chi connectivity index (χ0) is 12.2. The second kappa shape index (κ2) is 6.23. The van der Waals surface area contributed by atoms with E-state index < -0.39 is 15.3 Å². The molecular weight excluding hydrogens is 244 g/mol. The molecule has 0 aromatic carbocycles. The largest absolute Gasteiger partial charge is 0.329 e. The first-order chi connectivity index (χ1) is 7.49. The van der Waals surface area contributed by atoms with Crippen LogP contribution in [0.5, 0.6) is 0 Å². The van der Waals surface area contributed by atoms with Gasteiger partial charge in [-0.2, -0.15) is 11.8 Å². The van der Waals surface area contributed by atoms with Crippen molar-refractivity contribution in [3.05, 3.63) is 0 Å². The molecule has 0 aliphatic heterocycles. The summed E-state index contributed by atoms with van der Waals surface area (Å²) in [7, 11) is -3.23. The van der Waals surface area contributed by atoms with Crippen LogP contribution in [0.4, 0.5) is 0 Å². The van der Waals surface area contributed by atoms with Gasteiger partial charge in [-0.3, -0.25) is 0 Å². The van der Waals surface area contributed by atoms with Gasteiger partial charge in [-0.15, -0.1) is 0 Å². The molecule has 1 aliphatic carbocycles. The standard InChI is InChI=1S/C10H22N2O2S2/c1-8(7-11)16(13,14)12-9-4-3-5-10(6-9)15-2/h8-10,12H,3-7,11H2,1-2H3. The fourth-order valence-electron chi connectivity index (χ4n) is 1.94. The number of sulfonamides is 1.